The summed E-state index contributed by atoms with van der Waals surface area (Å²) in [6.45, 7) is 0.358. The lowest BCUT2D eigenvalue weighted by Crippen LogP contribution is -2.33. The molecule has 2 heterocycles. The number of pyridine rings is 1. The summed E-state index contributed by atoms with van der Waals surface area (Å²) >= 11 is 0. The van der Waals surface area contributed by atoms with Gasteiger partial charge in [-0.25, -0.2) is 19.4 Å². The Morgan fingerprint density at radius 1 is 1.24 bits per heavy atom. The Hall–Kier alpha value is -3.26. The molecule has 0 aliphatic heterocycles. The summed E-state index contributed by atoms with van der Waals surface area (Å²) in [5, 5.41) is 9.52. The number of hydrogen-bond donors (Lipinski definition) is 2. The van der Waals surface area contributed by atoms with Gasteiger partial charge in [-0.1, -0.05) is 30.3 Å². The normalized spacial score (nSPS) is 11.7. The van der Waals surface area contributed by atoms with E-state index in [4.69, 9.17) is 4.74 Å². The van der Waals surface area contributed by atoms with Gasteiger partial charge in [0.05, 0.1) is 18.0 Å². The fourth-order valence-electron chi connectivity index (χ4n) is 2.29. The molecule has 3 rings (SSSR count). The van der Waals surface area contributed by atoms with Crippen molar-refractivity contribution in [2.24, 2.45) is 0 Å². The van der Waals surface area contributed by atoms with Crippen LogP contribution in [-0.4, -0.2) is 39.4 Å². The van der Waals surface area contributed by atoms with Crippen LogP contribution in [0, 0.1) is 0 Å². The van der Waals surface area contributed by atoms with Gasteiger partial charge in [0.2, 0.25) is 0 Å². The molecule has 0 spiro atoms. The molecule has 3 aromatic rings. The molecule has 0 bridgehead atoms. The lowest BCUT2D eigenvalue weighted by molar-refractivity contribution is 0.104. The molecule has 2 N–H and O–H groups in total. The van der Waals surface area contributed by atoms with E-state index in [1.54, 1.807) is 31.8 Å². The second-order valence-electron chi connectivity index (χ2n) is 5.22. The van der Waals surface area contributed by atoms with Crippen molar-refractivity contribution in [2.45, 2.75) is 6.10 Å². The predicted molar refractivity (Wildman–Crippen MR) is 92.4 cm³/mol. The number of carbonyl (C=O) groups is 1. The summed E-state index contributed by atoms with van der Waals surface area (Å²) < 4.78 is 6.96. The topological polar surface area (TPSA) is 94.0 Å². The SMILES string of the molecule is CO[C@@H](CNC(=O)Nc1ccc(-n2cncn2)nc1)c1ccccc1. The number of anilines is 1. The number of methoxy groups -OCH3 is 1. The van der Waals surface area contributed by atoms with Gasteiger partial charge in [0.1, 0.15) is 12.7 Å². The Morgan fingerprint density at radius 2 is 2.08 bits per heavy atom. The number of nitrogens with zero attached hydrogens (tertiary/aromatic N) is 4. The van der Waals surface area contributed by atoms with Gasteiger partial charge in [-0.3, -0.25) is 0 Å². The van der Waals surface area contributed by atoms with Crippen LogP contribution in [0.5, 0.6) is 0 Å². The number of nitrogens with one attached hydrogen (secondary N) is 2. The fraction of sp³-hybridized carbons (Fsp3) is 0.176. The van der Waals surface area contributed by atoms with Crippen molar-refractivity contribution in [3.05, 3.63) is 66.9 Å². The van der Waals surface area contributed by atoms with Crippen molar-refractivity contribution in [3.63, 3.8) is 0 Å². The third-order valence-corrected chi connectivity index (χ3v) is 3.56. The minimum Gasteiger partial charge on any atom is -0.375 e. The van der Waals surface area contributed by atoms with Crippen molar-refractivity contribution in [3.8, 4) is 5.82 Å². The van der Waals surface area contributed by atoms with Crippen LogP contribution in [0.15, 0.2) is 61.3 Å². The summed E-state index contributed by atoms with van der Waals surface area (Å²) in [6, 6.07) is 12.9. The van der Waals surface area contributed by atoms with Crippen LogP contribution >= 0.6 is 0 Å². The summed E-state index contributed by atoms with van der Waals surface area (Å²) in [6.07, 6.45) is 4.33. The maximum absolute atomic E-state index is 12.0. The maximum atomic E-state index is 12.0. The highest BCUT2D eigenvalue weighted by Gasteiger charge is 2.11. The van der Waals surface area contributed by atoms with Gasteiger partial charge < -0.3 is 15.4 Å². The molecule has 2 amide bonds. The molecule has 25 heavy (non-hydrogen) atoms. The van der Waals surface area contributed by atoms with Crippen molar-refractivity contribution in [1.29, 1.82) is 0 Å². The van der Waals surface area contributed by atoms with E-state index in [2.05, 4.69) is 25.7 Å². The van der Waals surface area contributed by atoms with E-state index in [-0.39, 0.29) is 12.1 Å². The monoisotopic (exact) mass is 338 g/mol. The predicted octanol–water partition coefficient (Wildman–Crippen LogP) is 2.17. The summed E-state index contributed by atoms with van der Waals surface area (Å²) in [5.74, 6) is 0.618. The number of rotatable bonds is 6. The van der Waals surface area contributed by atoms with E-state index in [9.17, 15) is 4.79 Å². The molecule has 128 valence electrons. The standard InChI is InChI=1S/C17H18N6O2/c1-25-15(13-5-3-2-4-6-13)10-20-17(24)22-14-7-8-16(19-9-14)23-12-18-11-21-23/h2-9,11-12,15H,10H2,1H3,(H2,20,22,24)/t15-/m0/s1. The lowest BCUT2D eigenvalue weighted by atomic mass is 10.1. The molecule has 0 aliphatic carbocycles. The molecule has 0 fully saturated rings. The molecule has 1 aromatic carbocycles. The summed E-state index contributed by atoms with van der Waals surface area (Å²) in [7, 11) is 1.62. The highest BCUT2D eigenvalue weighted by molar-refractivity contribution is 5.89. The molecule has 8 heteroatoms. The molecular weight excluding hydrogens is 320 g/mol. The number of carbonyl (C=O) groups excluding carboxylic acids is 1. The highest BCUT2D eigenvalue weighted by atomic mass is 16.5. The number of hydrogen-bond acceptors (Lipinski definition) is 5. The van der Waals surface area contributed by atoms with Gasteiger partial charge in [0.15, 0.2) is 5.82 Å². The van der Waals surface area contributed by atoms with Gasteiger partial charge >= 0.3 is 6.03 Å². The fourth-order valence-corrected chi connectivity index (χ4v) is 2.29. The average molecular weight is 338 g/mol. The zero-order valence-corrected chi connectivity index (χ0v) is 13.7. The largest absolute Gasteiger partial charge is 0.375 e. The van der Waals surface area contributed by atoms with Crippen molar-refractivity contribution in [1.82, 2.24) is 25.1 Å². The van der Waals surface area contributed by atoms with Crippen molar-refractivity contribution < 1.29 is 9.53 Å². The van der Waals surface area contributed by atoms with Gasteiger partial charge in [0.25, 0.3) is 0 Å². The Balaban J connectivity index is 1.54. The number of ether oxygens (including phenoxy) is 1. The van der Waals surface area contributed by atoms with Crippen molar-refractivity contribution in [2.75, 3.05) is 19.0 Å². The summed E-state index contributed by atoms with van der Waals surface area (Å²) in [4.78, 5) is 20.1. The third kappa shape index (κ3) is 4.39. The zero-order chi connectivity index (χ0) is 17.5. The molecular formula is C17H18N6O2. The smallest absolute Gasteiger partial charge is 0.319 e. The Bertz CT molecular complexity index is 790. The van der Waals surface area contributed by atoms with Crippen LogP contribution < -0.4 is 10.6 Å². The Labute approximate surface area is 144 Å². The van der Waals surface area contributed by atoms with Gasteiger partial charge in [0, 0.05) is 13.7 Å². The van der Waals surface area contributed by atoms with E-state index in [1.807, 2.05) is 30.3 Å². The number of amides is 2. The minimum atomic E-state index is -0.326. The second-order valence-corrected chi connectivity index (χ2v) is 5.22. The molecule has 1 atom stereocenters. The van der Waals surface area contributed by atoms with E-state index in [0.717, 1.165) is 5.56 Å². The zero-order valence-electron chi connectivity index (χ0n) is 13.7. The number of urea groups is 1. The molecule has 0 saturated carbocycles. The quantitative estimate of drug-likeness (QED) is 0.718. The van der Waals surface area contributed by atoms with E-state index >= 15 is 0 Å². The lowest BCUT2D eigenvalue weighted by Gasteiger charge is -2.16. The number of benzene rings is 1. The molecule has 0 saturated heterocycles. The molecule has 0 unspecified atom stereocenters. The first-order chi connectivity index (χ1) is 12.3. The molecule has 0 aliphatic rings. The van der Waals surface area contributed by atoms with Crippen molar-refractivity contribution >= 4 is 11.7 Å². The second kappa shape index (κ2) is 8.02. The maximum Gasteiger partial charge on any atom is 0.319 e. The minimum absolute atomic E-state index is 0.209. The average Bonchev–Trinajstić information content (AvgIpc) is 3.18. The van der Waals surface area contributed by atoms with E-state index in [1.165, 1.54) is 11.0 Å². The van der Waals surface area contributed by atoms with Crippen LogP contribution in [0.1, 0.15) is 11.7 Å². The van der Waals surface area contributed by atoms with Gasteiger partial charge in [-0.05, 0) is 17.7 Å². The Kier molecular flexibility index (Phi) is 5.32. The van der Waals surface area contributed by atoms with Gasteiger partial charge in [-0.2, -0.15) is 5.10 Å². The first-order valence-corrected chi connectivity index (χ1v) is 7.70. The molecule has 2 aromatic heterocycles. The van der Waals surface area contributed by atoms with E-state index < -0.39 is 0 Å². The van der Waals surface area contributed by atoms with E-state index in [0.29, 0.717) is 18.1 Å². The van der Waals surface area contributed by atoms with Gasteiger partial charge in [-0.15, -0.1) is 0 Å². The Morgan fingerprint density at radius 3 is 2.72 bits per heavy atom. The number of aromatic nitrogens is 4. The van der Waals surface area contributed by atoms with Crippen LogP contribution in [0.2, 0.25) is 0 Å². The highest BCUT2D eigenvalue weighted by Crippen LogP contribution is 2.15. The van der Waals surface area contributed by atoms with Crippen LogP contribution in [-0.2, 0) is 4.74 Å². The summed E-state index contributed by atoms with van der Waals surface area (Å²) in [5.41, 5.74) is 1.58. The van der Waals surface area contributed by atoms with Crippen LogP contribution in [0.4, 0.5) is 10.5 Å². The first-order valence-electron chi connectivity index (χ1n) is 7.70. The third-order valence-electron chi connectivity index (χ3n) is 3.56. The van der Waals surface area contributed by atoms with Crippen LogP contribution in [0.25, 0.3) is 5.82 Å². The van der Waals surface area contributed by atoms with Crippen LogP contribution in [0.3, 0.4) is 0 Å². The first kappa shape index (κ1) is 16.6. The molecule has 0 radical (unpaired) electrons. The molecule has 8 nitrogen and oxygen atoms in total.